The largest absolute Gasteiger partial charge is 0.482 e. The van der Waals surface area contributed by atoms with E-state index in [-0.39, 0.29) is 18.3 Å². The summed E-state index contributed by atoms with van der Waals surface area (Å²) >= 11 is 6.85. The molecule has 0 radical (unpaired) electrons. The average molecular weight is 451 g/mol. The van der Waals surface area contributed by atoms with E-state index in [4.69, 9.17) is 17.0 Å². The maximum Gasteiger partial charge on any atom is 0.291 e. The summed E-state index contributed by atoms with van der Waals surface area (Å²) in [6.45, 7) is 2.53. The molecule has 0 saturated carbocycles. The predicted molar refractivity (Wildman–Crippen MR) is 128 cm³/mol. The van der Waals surface area contributed by atoms with Crippen molar-refractivity contribution in [2.45, 2.75) is 20.0 Å². The number of hydrogen-bond donors (Lipinski definition) is 1. The lowest BCUT2D eigenvalue weighted by Gasteiger charge is -2.21. The molecule has 7 heteroatoms. The van der Waals surface area contributed by atoms with Crippen LogP contribution >= 0.6 is 24.0 Å². The minimum atomic E-state index is -0.411. The van der Waals surface area contributed by atoms with E-state index < -0.39 is 5.56 Å². The van der Waals surface area contributed by atoms with E-state index in [0.717, 1.165) is 22.4 Å². The Morgan fingerprint density at radius 1 is 1.10 bits per heavy atom. The molecule has 2 aromatic carbocycles. The number of ether oxygens (including phenoxy) is 1. The summed E-state index contributed by atoms with van der Waals surface area (Å²) in [6, 6.07) is 19.4. The van der Waals surface area contributed by atoms with Gasteiger partial charge in [-0.1, -0.05) is 84.6 Å². The topological polar surface area (TPSA) is 62.4 Å². The van der Waals surface area contributed by atoms with Crippen LogP contribution in [0.5, 0.6) is 5.75 Å². The van der Waals surface area contributed by atoms with Gasteiger partial charge in [-0.15, -0.1) is 0 Å². The third kappa shape index (κ3) is 4.73. The van der Waals surface area contributed by atoms with Gasteiger partial charge in [0.2, 0.25) is 0 Å². The number of nitrogens with one attached hydrogen (secondary N) is 1. The van der Waals surface area contributed by atoms with Crippen LogP contribution < -0.4 is 10.3 Å². The molecule has 5 nitrogen and oxygen atoms in total. The van der Waals surface area contributed by atoms with Crippen molar-refractivity contribution in [1.29, 1.82) is 0 Å². The lowest BCUT2D eigenvalue weighted by molar-refractivity contribution is 0.0855. The number of benzene rings is 2. The molecule has 4 rings (SSSR count). The highest BCUT2D eigenvalue weighted by Gasteiger charge is 2.31. The number of aryl methyl sites for hydroxylation is 1. The van der Waals surface area contributed by atoms with Gasteiger partial charge in [-0.05, 0) is 23.6 Å². The van der Waals surface area contributed by atoms with Crippen LogP contribution in [-0.4, -0.2) is 32.4 Å². The first-order valence-electron chi connectivity index (χ1n) is 9.99. The fraction of sp³-hybridized carbons (Fsp3) is 0.208. The first-order valence-corrected chi connectivity index (χ1v) is 11.4. The highest BCUT2D eigenvalue weighted by molar-refractivity contribution is 8.23. The molecule has 3 aromatic rings. The highest BCUT2D eigenvalue weighted by Crippen LogP contribution is 2.29. The van der Waals surface area contributed by atoms with Gasteiger partial charge < -0.3 is 9.72 Å². The van der Waals surface area contributed by atoms with Crippen molar-refractivity contribution in [3.63, 3.8) is 0 Å². The molecule has 0 bridgehead atoms. The van der Waals surface area contributed by atoms with Crippen LogP contribution in [0.15, 0.2) is 65.5 Å². The number of aromatic nitrogens is 1. The Labute approximate surface area is 190 Å². The lowest BCUT2D eigenvalue weighted by Crippen LogP contribution is -2.34. The smallest absolute Gasteiger partial charge is 0.291 e. The van der Waals surface area contributed by atoms with Gasteiger partial charge in [-0.3, -0.25) is 14.5 Å². The number of amides is 1. The quantitative estimate of drug-likeness (QED) is 0.567. The predicted octanol–water partition coefficient (Wildman–Crippen LogP) is 4.33. The van der Waals surface area contributed by atoms with Crippen molar-refractivity contribution in [3.8, 4) is 5.75 Å². The average Bonchev–Trinajstić information content (AvgIpc) is 3.21. The minimum absolute atomic E-state index is 0.0464. The number of aromatic amines is 1. The Morgan fingerprint density at radius 2 is 1.74 bits per heavy atom. The molecule has 0 spiro atoms. The van der Waals surface area contributed by atoms with Crippen LogP contribution in [-0.2, 0) is 13.0 Å². The van der Waals surface area contributed by atoms with E-state index in [1.165, 1.54) is 11.8 Å². The second kappa shape index (κ2) is 9.49. The molecule has 1 aliphatic rings. The number of rotatable bonds is 6. The SMILES string of the molecule is Cc1[nH]c(=O)c(OCc2ccccc2)c(C(=O)N2CCSC2=S)c1Cc1ccccc1. The molecule has 158 valence electrons. The molecule has 1 N–H and O–H groups in total. The van der Waals surface area contributed by atoms with Crippen molar-refractivity contribution < 1.29 is 9.53 Å². The summed E-state index contributed by atoms with van der Waals surface area (Å²) in [4.78, 5) is 30.9. The molecule has 1 aromatic heterocycles. The molecule has 0 atom stereocenters. The first-order chi connectivity index (χ1) is 15.0. The molecular weight excluding hydrogens is 428 g/mol. The van der Waals surface area contributed by atoms with Gasteiger partial charge in [-0.25, -0.2) is 0 Å². The van der Waals surface area contributed by atoms with Crippen LogP contribution in [0.3, 0.4) is 0 Å². The van der Waals surface area contributed by atoms with Gasteiger partial charge in [0.15, 0.2) is 5.75 Å². The molecule has 2 heterocycles. The number of H-pyrrole nitrogens is 1. The summed E-state index contributed by atoms with van der Waals surface area (Å²) in [7, 11) is 0. The third-order valence-corrected chi connectivity index (χ3v) is 6.59. The van der Waals surface area contributed by atoms with Crippen molar-refractivity contribution >= 4 is 34.2 Å². The number of thioether (sulfide) groups is 1. The maximum absolute atomic E-state index is 13.6. The van der Waals surface area contributed by atoms with Gasteiger partial charge in [0.05, 0.1) is 5.56 Å². The zero-order chi connectivity index (χ0) is 21.8. The molecule has 1 fully saturated rings. The Bertz CT molecular complexity index is 1160. The summed E-state index contributed by atoms with van der Waals surface area (Å²) in [5.74, 6) is 0.518. The van der Waals surface area contributed by atoms with Gasteiger partial charge in [0, 0.05) is 24.4 Å². The van der Waals surface area contributed by atoms with Crippen molar-refractivity contribution in [2.24, 2.45) is 0 Å². The third-order valence-electron chi connectivity index (χ3n) is 5.16. The standard InChI is InChI=1S/C24H22N2O3S2/c1-16-19(14-17-8-4-2-5-9-17)20(23(28)26-12-13-31-24(26)30)21(22(27)25-16)29-15-18-10-6-3-7-11-18/h2-11H,12-15H2,1H3,(H,25,27). The zero-order valence-electron chi connectivity index (χ0n) is 17.1. The van der Waals surface area contributed by atoms with Crippen LogP contribution in [0.1, 0.15) is 32.7 Å². The van der Waals surface area contributed by atoms with Crippen LogP contribution in [0, 0.1) is 6.92 Å². The van der Waals surface area contributed by atoms with Crippen LogP contribution in [0.2, 0.25) is 0 Å². The van der Waals surface area contributed by atoms with Gasteiger partial charge in [0.25, 0.3) is 11.5 Å². The fourth-order valence-corrected chi connectivity index (χ4v) is 4.77. The fourth-order valence-electron chi connectivity index (χ4n) is 3.57. The second-order valence-electron chi connectivity index (χ2n) is 7.27. The van der Waals surface area contributed by atoms with Gasteiger partial charge in [-0.2, -0.15) is 0 Å². The molecule has 1 aliphatic heterocycles. The Kier molecular flexibility index (Phi) is 6.53. The Hall–Kier alpha value is -2.90. The Morgan fingerprint density at radius 3 is 2.35 bits per heavy atom. The van der Waals surface area contributed by atoms with Crippen LogP contribution in [0.25, 0.3) is 0 Å². The lowest BCUT2D eigenvalue weighted by atomic mass is 9.97. The zero-order valence-corrected chi connectivity index (χ0v) is 18.7. The number of pyridine rings is 1. The molecule has 31 heavy (non-hydrogen) atoms. The van der Waals surface area contributed by atoms with Gasteiger partial charge in [0.1, 0.15) is 10.9 Å². The van der Waals surface area contributed by atoms with E-state index in [0.29, 0.717) is 28.5 Å². The summed E-state index contributed by atoms with van der Waals surface area (Å²) < 4.78 is 6.49. The molecule has 0 unspecified atom stereocenters. The summed E-state index contributed by atoms with van der Waals surface area (Å²) in [6.07, 6.45) is 0.500. The number of carbonyl (C=O) groups is 1. The second-order valence-corrected chi connectivity index (χ2v) is 9.00. The van der Waals surface area contributed by atoms with Crippen molar-refractivity contribution in [1.82, 2.24) is 9.88 Å². The maximum atomic E-state index is 13.6. The van der Waals surface area contributed by atoms with E-state index in [2.05, 4.69) is 4.98 Å². The number of hydrogen-bond acceptors (Lipinski definition) is 5. The Balaban J connectivity index is 1.80. The summed E-state index contributed by atoms with van der Waals surface area (Å²) in [5.41, 5.74) is 3.25. The minimum Gasteiger partial charge on any atom is -0.482 e. The monoisotopic (exact) mass is 450 g/mol. The van der Waals surface area contributed by atoms with Gasteiger partial charge >= 0.3 is 0 Å². The van der Waals surface area contributed by atoms with E-state index >= 15 is 0 Å². The van der Waals surface area contributed by atoms with Crippen molar-refractivity contribution in [2.75, 3.05) is 12.3 Å². The highest BCUT2D eigenvalue weighted by atomic mass is 32.2. The van der Waals surface area contributed by atoms with E-state index in [1.54, 1.807) is 4.90 Å². The van der Waals surface area contributed by atoms with Crippen LogP contribution in [0.4, 0.5) is 0 Å². The number of nitrogens with zero attached hydrogens (tertiary/aromatic N) is 1. The van der Waals surface area contributed by atoms with E-state index in [1.807, 2.05) is 67.6 Å². The molecular formula is C24H22N2O3S2. The summed E-state index contributed by atoms with van der Waals surface area (Å²) in [5, 5.41) is 0. The molecule has 1 saturated heterocycles. The van der Waals surface area contributed by atoms with Crippen molar-refractivity contribution in [3.05, 3.63) is 99.0 Å². The first kappa shape index (κ1) is 21.3. The number of thiocarbonyl (C=S) groups is 1. The molecule has 1 amide bonds. The molecule has 0 aliphatic carbocycles. The normalized spacial score (nSPS) is 13.5. The van der Waals surface area contributed by atoms with E-state index in [9.17, 15) is 9.59 Å². The number of carbonyl (C=O) groups excluding carboxylic acids is 1.